The van der Waals surface area contributed by atoms with Crippen molar-refractivity contribution in [2.45, 2.75) is 270 Å². The van der Waals surface area contributed by atoms with Crippen molar-refractivity contribution in [2.75, 3.05) is 5.75 Å². The highest BCUT2D eigenvalue weighted by Gasteiger charge is 2.28. The van der Waals surface area contributed by atoms with E-state index in [2.05, 4.69) is 19.2 Å². The topological polar surface area (TPSA) is 124 Å². The molecule has 52 heavy (non-hydrogen) atoms. The molecule has 8 heteroatoms. The van der Waals surface area contributed by atoms with Crippen LogP contribution in [0.3, 0.4) is 0 Å². The summed E-state index contributed by atoms with van der Waals surface area (Å²) in [6.07, 6.45) is 42.7. The number of hydrogen-bond donors (Lipinski definition) is 4. The van der Waals surface area contributed by atoms with Crippen LogP contribution in [0, 0.1) is 0 Å². The lowest BCUT2D eigenvalue weighted by Gasteiger charge is -2.24. The molecule has 4 N–H and O–H groups in total. The van der Waals surface area contributed by atoms with Crippen LogP contribution in [0.2, 0.25) is 0 Å². The van der Waals surface area contributed by atoms with Gasteiger partial charge < -0.3 is 15.5 Å². The number of aliphatic hydroxyl groups excluding tert-OH is 2. The number of carbonyl (C=O) groups excluding carboxylic acids is 1. The second-order valence-corrected chi connectivity index (χ2v) is 17.7. The van der Waals surface area contributed by atoms with E-state index >= 15 is 0 Å². The molecular weight excluding hydrogens is 671 g/mol. The molecule has 0 fully saturated rings. The highest BCUT2D eigenvalue weighted by atomic mass is 32.2. The normalized spacial score (nSPS) is 13.7. The van der Waals surface area contributed by atoms with Gasteiger partial charge >= 0.3 is 0 Å². The van der Waals surface area contributed by atoms with Crippen LogP contribution in [-0.2, 0) is 14.9 Å². The summed E-state index contributed by atoms with van der Waals surface area (Å²) in [5.41, 5.74) is 0. The summed E-state index contributed by atoms with van der Waals surface area (Å²) in [5.74, 6) is -1.44. The Morgan fingerprint density at radius 3 is 0.962 bits per heavy atom. The Bertz CT molecular complexity index is 854. The standard InChI is InChI=1S/C44H89NO6S/c1-3-5-7-9-11-13-15-17-18-19-20-21-22-23-24-25-27-29-31-33-35-37-39-43(47)44(48)45-41(40-52(49,50)51)42(46)38-36-34-32-30-28-26-16-14-12-10-8-6-4-2/h41-43,46-47H,3-40H2,1-2H3,(H,45,48)(H,49,50,51). The molecule has 0 radical (unpaired) electrons. The minimum Gasteiger partial charge on any atom is -0.391 e. The Balaban J connectivity index is 3.83. The average Bonchev–Trinajstić information content (AvgIpc) is 3.11. The minimum atomic E-state index is -4.40. The fourth-order valence-corrected chi connectivity index (χ4v) is 8.16. The predicted molar refractivity (Wildman–Crippen MR) is 223 cm³/mol. The molecule has 0 aliphatic heterocycles. The second kappa shape index (κ2) is 38.6. The molecule has 0 aromatic rings. The van der Waals surface area contributed by atoms with Crippen molar-refractivity contribution in [3.63, 3.8) is 0 Å². The van der Waals surface area contributed by atoms with E-state index in [1.54, 1.807) is 0 Å². The fraction of sp³-hybridized carbons (Fsp3) is 0.977. The van der Waals surface area contributed by atoms with E-state index in [9.17, 15) is 28.0 Å². The molecule has 3 atom stereocenters. The zero-order valence-corrected chi connectivity index (χ0v) is 35.4. The highest BCUT2D eigenvalue weighted by Crippen LogP contribution is 2.17. The van der Waals surface area contributed by atoms with Crippen molar-refractivity contribution in [1.82, 2.24) is 5.32 Å². The highest BCUT2D eigenvalue weighted by molar-refractivity contribution is 7.85. The third-order valence-electron chi connectivity index (χ3n) is 10.9. The molecule has 0 saturated heterocycles. The molecule has 0 saturated carbocycles. The van der Waals surface area contributed by atoms with Crippen LogP contribution >= 0.6 is 0 Å². The molecule has 3 unspecified atom stereocenters. The van der Waals surface area contributed by atoms with Crippen LogP contribution in [0.25, 0.3) is 0 Å². The first-order chi connectivity index (χ1) is 25.2. The number of unbranched alkanes of at least 4 members (excludes halogenated alkanes) is 33. The van der Waals surface area contributed by atoms with Gasteiger partial charge in [0.05, 0.1) is 17.9 Å². The van der Waals surface area contributed by atoms with E-state index in [4.69, 9.17) is 0 Å². The maximum atomic E-state index is 12.6. The zero-order valence-electron chi connectivity index (χ0n) is 34.6. The number of carbonyl (C=O) groups is 1. The van der Waals surface area contributed by atoms with E-state index in [-0.39, 0.29) is 0 Å². The SMILES string of the molecule is CCCCCCCCCCCCCCCCCCCCCCCCC(O)C(=O)NC(CS(=O)(=O)O)C(O)CCCCCCCCCCCCCCC. The zero-order chi connectivity index (χ0) is 38.4. The third-order valence-corrected chi connectivity index (χ3v) is 11.7. The summed E-state index contributed by atoms with van der Waals surface area (Å²) < 4.78 is 32.6. The lowest BCUT2D eigenvalue weighted by molar-refractivity contribution is -0.131. The van der Waals surface area contributed by atoms with Crippen molar-refractivity contribution in [2.24, 2.45) is 0 Å². The maximum absolute atomic E-state index is 12.6. The first kappa shape index (κ1) is 51.3. The fourth-order valence-electron chi connectivity index (χ4n) is 7.40. The van der Waals surface area contributed by atoms with Gasteiger partial charge in [0.1, 0.15) is 6.10 Å². The quantitative estimate of drug-likeness (QED) is 0.0363. The molecule has 0 aliphatic rings. The molecule has 1 amide bonds. The molecule has 0 bridgehead atoms. The number of rotatable bonds is 42. The molecule has 0 aromatic heterocycles. The van der Waals surface area contributed by atoms with Gasteiger partial charge in [-0.3, -0.25) is 9.35 Å². The number of aliphatic hydroxyl groups is 2. The summed E-state index contributed by atoms with van der Waals surface area (Å²) in [5, 5.41) is 23.6. The largest absolute Gasteiger partial charge is 0.391 e. The number of hydrogen-bond acceptors (Lipinski definition) is 5. The third kappa shape index (κ3) is 37.6. The smallest absolute Gasteiger partial charge is 0.266 e. The minimum absolute atomic E-state index is 0.304. The lowest BCUT2D eigenvalue weighted by atomic mass is 10.0. The molecular formula is C44H89NO6S. The van der Waals surface area contributed by atoms with Gasteiger partial charge in [-0.2, -0.15) is 8.42 Å². The van der Waals surface area contributed by atoms with Crippen molar-refractivity contribution in [1.29, 1.82) is 0 Å². The van der Waals surface area contributed by atoms with Gasteiger partial charge in [-0.1, -0.05) is 239 Å². The molecule has 7 nitrogen and oxygen atoms in total. The van der Waals surface area contributed by atoms with Gasteiger partial charge in [-0.15, -0.1) is 0 Å². The van der Waals surface area contributed by atoms with E-state index in [1.807, 2.05) is 0 Å². The first-order valence-electron chi connectivity index (χ1n) is 22.8. The van der Waals surface area contributed by atoms with Crippen molar-refractivity contribution >= 4 is 16.0 Å². The van der Waals surface area contributed by atoms with E-state index in [1.165, 1.54) is 180 Å². The van der Waals surface area contributed by atoms with E-state index in [0.29, 0.717) is 12.8 Å². The van der Waals surface area contributed by atoms with Crippen LogP contribution in [-0.4, -0.2) is 53.1 Å². The van der Waals surface area contributed by atoms with Gasteiger partial charge in [0.15, 0.2) is 0 Å². The Labute approximate surface area is 323 Å². The first-order valence-corrected chi connectivity index (χ1v) is 24.4. The van der Waals surface area contributed by atoms with Crippen LogP contribution in [0.4, 0.5) is 0 Å². The molecule has 0 spiro atoms. The number of nitrogens with one attached hydrogen (secondary N) is 1. The summed E-state index contributed by atoms with van der Waals surface area (Å²) >= 11 is 0. The van der Waals surface area contributed by atoms with Crippen LogP contribution in [0.15, 0.2) is 0 Å². The Hall–Kier alpha value is -0.700. The summed E-state index contributed by atoms with van der Waals surface area (Å²) in [7, 11) is -4.40. The summed E-state index contributed by atoms with van der Waals surface area (Å²) in [4.78, 5) is 12.6. The molecule has 0 aromatic carbocycles. The van der Waals surface area contributed by atoms with Crippen LogP contribution < -0.4 is 5.32 Å². The van der Waals surface area contributed by atoms with Gasteiger partial charge in [0, 0.05) is 0 Å². The summed E-state index contributed by atoms with van der Waals surface area (Å²) in [6, 6.07) is -1.14. The molecule has 0 heterocycles. The summed E-state index contributed by atoms with van der Waals surface area (Å²) in [6.45, 7) is 4.52. The van der Waals surface area contributed by atoms with Crippen LogP contribution in [0.1, 0.15) is 251 Å². The second-order valence-electron chi connectivity index (χ2n) is 16.2. The monoisotopic (exact) mass is 760 g/mol. The average molecular weight is 760 g/mol. The van der Waals surface area contributed by atoms with Gasteiger partial charge in [-0.25, -0.2) is 0 Å². The van der Waals surface area contributed by atoms with Gasteiger partial charge in [0.25, 0.3) is 10.1 Å². The Morgan fingerprint density at radius 2 is 0.692 bits per heavy atom. The Kier molecular flexibility index (Phi) is 38.1. The van der Waals surface area contributed by atoms with Gasteiger partial charge in [-0.05, 0) is 12.8 Å². The van der Waals surface area contributed by atoms with E-state index < -0.39 is 40.0 Å². The Morgan fingerprint density at radius 1 is 0.442 bits per heavy atom. The molecule has 0 rings (SSSR count). The molecule has 312 valence electrons. The van der Waals surface area contributed by atoms with Crippen LogP contribution in [0.5, 0.6) is 0 Å². The predicted octanol–water partition coefficient (Wildman–Crippen LogP) is 12.6. The lowest BCUT2D eigenvalue weighted by Crippen LogP contribution is -2.50. The van der Waals surface area contributed by atoms with Crippen molar-refractivity contribution in [3.8, 4) is 0 Å². The number of amides is 1. The molecule has 0 aliphatic carbocycles. The van der Waals surface area contributed by atoms with Crippen molar-refractivity contribution in [3.05, 3.63) is 0 Å². The van der Waals surface area contributed by atoms with E-state index in [0.717, 1.165) is 44.9 Å². The van der Waals surface area contributed by atoms with Gasteiger partial charge in [0.2, 0.25) is 5.91 Å². The van der Waals surface area contributed by atoms with Crippen molar-refractivity contribution < 1.29 is 28.0 Å². The maximum Gasteiger partial charge on any atom is 0.266 e.